The Morgan fingerprint density at radius 2 is 1.83 bits per heavy atom. The molecule has 0 atom stereocenters. The lowest BCUT2D eigenvalue weighted by atomic mass is 10.1. The van der Waals surface area contributed by atoms with Crippen molar-refractivity contribution in [3.8, 4) is 11.5 Å². The maximum atomic E-state index is 12.2. The maximum Gasteiger partial charge on any atom is 0.411 e. The molecular weight excluding hydrogens is 411 g/mol. The number of fused-ring (bicyclic) bond motifs is 1. The van der Waals surface area contributed by atoms with Gasteiger partial charge in [-0.3, -0.25) is 4.79 Å². The van der Waals surface area contributed by atoms with Crippen LogP contribution in [0.2, 0.25) is 5.02 Å². The van der Waals surface area contributed by atoms with Crippen molar-refractivity contribution in [1.82, 2.24) is 5.32 Å². The highest BCUT2D eigenvalue weighted by Gasteiger charge is 2.27. The molecule has 1 aliphatic rings. The summed E-state index contributed by atoms with van der Waals surface area (Å²) in [6, 6.07) is 9.82. The zero-order chi connectivity index (χ0) is 20.9. The average Bonchev–Trinajstić information content (AvgIpc) is 2.67. The summed E-state index contributed by atoms with van der Waals surface area (Å²) in [7, 11) is 0. The Hall–Kier alpha value is -2.45. The summed E-state index contributed by atoms with van der Waals surface area (Å²) >= 11 is 6.20. The monoisotopic (exact) mass is 429 g/mol. The summed E-state index contributed by atoms with van der Waals surface area (Å²) in [6.45, 7) is -0.188. The number of nitrogens with one attached hydrogen (secondary N) is 1. The molecule has 0 unspecified atom stereocenters. The van der Waals surface area contributed by atoms with Crippen LogP contribution in [0.15, 0.2) is 36.4 Å². The molecule has 9 heteroatoms. The van der Waals surface area contributed by atoms with Gasteiger partial charge in [0.2, 0.25) is 0 Å². The van der Waals surface area contributed by atoms with Crippen LogP contribution in [-0.4, -0.2) is 38.4 Å². The van der Waals surface area contributed by atoms with Gasteiger partial charge in [-0.25, -0.2) is 0 Å². The summed E-state index contributed by atoms with van der Waals surface area (Å²) in [6.07, 6.45) is -3.81. The van der Waals surface area contributed by atoms with Crippen LogP contribution in [0.5, 0.6) is 11.5 Å². The minimum atomic E-state index is -4.36. The number of halogens is 4. The number of amides is 1. The lowest BCUT2D eigenvalue weighted by Crippen LogP contribution is -2.25. The Kier molecular flexibility index (Phi) is 6.87. The Morgan fingerprint density at radius 3 is 2.55 bits per heavy atom. The van der Waals surface area contributed by atoms with Gasteiger partial charge >= 0.3 is 6.18 Å². The molecule has 2 aromatic rings. The van der Waals surface area contributed by atoms with Crippen LogP contribution in [-0.2, 0) is 17.8 Å². The first-order valence-electron chi connectivity index (χ1n) is 8.91. The van der Waals surface area contributed by atoms with Crippen LogP contribution in [0.1, 0.15) is 21.5 Å². The van der Waals surface area contributed by atoms with Crippen molar-refractivity contribution in [3.63, 3.8) is 0 Å². The topological polar surface area (TPSA) is 56.8 Å². The summed E-state index contributed by atoms with van der Waals surface area (Å²) < 4.78 is 51.8. The third-order valence-corrected chi connectivity index (χ3v) is 4.39. The van der Waals surface area contributed by atoms with E-state index in [1.54, 1.807) is 30.3 Å². The highest BCUT2D eigenvalue weighted by molar-refractivity contribution is 6.32. The molecule has 0 saturated carbocycles. The first-order chi connectivity index (χ1) is 13.8. The average molecular weight is 430 g/mol. The number of hydrogen-bond donors (Lipinski definition) is 1. The number of carbonyl (C=O) groups is 1. The van der Waals surface area contributed by atoms with E-state index in [0.717, 1.165) is 5.56 Å². The lowest BCUT2D eigenvalue weighted by Gasteiger charge is -2.20. The number of alkyl halides is 3. The molecular formula is C20H19ClF3NO4. The van der Waals surface area contributed by atoms with Crippen molar-refractivity contribution >= 4 is 17.5 Å². The van der Waals surface area contributed by atoms with E-state index in [9.17, 15) is 18.0 Å². The predicted octanol–water partition coefficient (Wildman–Crippen LogP) is 4.16. The van der Waals surface area contributed by atoms with Gasteiger partial charge in [-0.1, -0.05) is 23.7 Å². The molecule has 3 rings (SSSR count). The number of carbonyl (C=O) groups excluding carboxylic acids is 1. The molecule has 1 amide bonds. The van der Waals surface area contributed by atoms with Gasteiger partial charge in [0.05, 0.1) is 11.6 Å². The standard InChI is InChI=1S/C20H19ClF3NO4/c21-16-9-14(10-17-18(16)29-8-7-28-17)5-6-25-19(26)15-3-1-13(2-4-15)11-27-12-20(22,23)24/h1-4,9-10H,5-8,11-12H2,(H,25,26). The zero-order valence-electron chi connectivity index (χ0n) is 15.4. The quantitative estimate of drug-likeness (QED) is 0.718. The fraction of sp³-hybridized carbons (Fsp3) is 0.350. The van der Waals surface area contributed by atoms with Crippen LogP contribution >= 0.6 is 11.6 Å². The van der Waals surface area contributed by atoms with E-state index < -0.39 is 12.8 Å². The van der Waals surface area contributed by atoms with Crippen molar-refractivity contribution in [3.05, 3.63) is 58.1 Å². The Balaban J connectivity index is 1.48. The summed E-state index contributed by atoms with van der Waals surface area (Å²) in [5.41, 5.74) is 1.86. The third-order valence-electron chi connectivity index (χ3n) is 4.11. The fourth-order valence-electron chi connectivity index (χ4n) is 2.77. The Labute approximate surface area is 170 Å². The molecule has 1 aliphatic heterocycles. The molecule has 0 radical (unpaired) electrons. The number of hydrogen-bond acceptors (Lipinski definition) is 4. The molecule has 0 spiro atoms. The molecule has 0 saturated heterocycles. The van der Waals surface area contributed by atoms with Gasteiger partial charge in [0.1, 0.15) is 19.8 Å². The molecule has 156 valence electrons. The molecule has 1 heterocycles. The van der Waals surface area contributed by atoms with Crippen molar-refractivity contribution in [2.45, 2.75) is 19.2 Å². The van der Waals surface area contributed by atoms with Crippen LogP contribution in [0.3, 0.4) is 0 Å². The Morgan fingerprint density at radius 1 is 1.10 bits per heavy atom. The van der Waals surface area contributed by atoms with Gasteiger partial charge < -0.3 is 19.5 Å². The van der Waals surface area contributed by atoms with Gasteiger partial charge in [0, 0.05) is 12.1 Å². The minimum absolute atomic E-state index is 0.174. The molecule has 0 aliphatic carbocycles. The van der Waals surface area contributed by atoms with Crippen molar-refractivity contribution in [1.29, 1.82) is 0 Å². The van der Waals surface area contributed by atoms with Crippen molar-refractivity contribution < 1.29 is 32.2 Å². The van der Waals surface area contributed by atoms with E-state index in [1.165, 1.54) is 0 Å². The van der Waals surface area contributed by atoms with Crippen LogP contribution in [0.4, 0.5) is 13.2 Å². The molecule has 2 aromatic carbocycles. The smallest absolute Gasteiger partial charge is 0.411 e. The maximum absolute atomic E-state index is 12.2. The second-order valence-electron chi connectivity index (χ2n) is 6.41. The summed E-state index contributed by atoms with van der Waals surface area (Å²) in [5, 5.41) is 3.26. The Bertz CT molecular complexity index is 856. The van der Waals surface area contributed by atoms with Gasteiger partial charge in [-0.15, -0.1) is 0 Å². The molecule has 0 fully saturated rings. The van der Waals surface area contributed by atoms with Gasteiger partial charge in [0.25, 0.3) is 5.91 Å². The van der Waals surface area contributed by atoms with E-state index in [1.807, 2.05) is 6.07 Å². The molecule has 1 N–H and O–H groups in total. The fourth-order valence-corrected chi connectivity index (χ4v) is 3.06. The largest absolute Gasteiger partial charge is 0.486 e. The van der Waals surface area contributed by atoms with E-state index in [4.69, 9.17) is 21.1 Å². The van der Waals surface area contributed by atoms with E-state index in [-0.39, 0.29) is 12.5 Å². The van der Waals surface area contributed by atoms with Crippen molar-refractivity contribution in [2.24, 2.45) is 0 Å². The van der Waals surface area contributed by atoms with Crippen LogP contribution < -0.4 is 14.8 Å². The zero-order valence-corrected chi connectivity index (χ0v) is 16.1. The predicted molar refractivity (Wildman–Crippen MR) is 101 cm³/mol. The minimum Gasteiger partial charge on any atom is -0.486 e. The van der Waals surface area contributed by atoms with Gasteiger partial charge in [-0.2, -0.15) is 13.2 Å². The number of ether oxygens (including phenoxy) is 3. The highest BCUT2D eigenvalue weighted by atomic mass is 35.5. The summed E-state index contributed by atoms with van der Waals surface area (Å²) in [4.78, 5) is 12.2. The van der Waals surface area contributed by atoms with Gasteiger partial charge in [-0.05, 0) is 41.8 Å². The second-order valence-corrected chi connectivity index (χ2v) is 6.82. The first-order valence-corrected chi connectivity index (χ1v) is 9.29. The molecule has 0 aromatic heterocycles. The van der Waals surface area contributed by atoms with E-state index in [2.05, 4.69) is 10.1 Å². The normalized spacial score (nSPS) is 13.2. The van der Waals surface area contributed by atoms with E-state index in [0.29, 0.717) is 53.8 Å². The second kappa shape index (κ2) is 9.37. The van der Waals surface area contributed by atoms with Crippen LogP contribution in [0, 0.1) is 0 Å². The third kappa shape index (κ3) is 6.27. The van der Waals surface area contributed by atoms with E-state index >= 15 is 0 Å². The van der Waals surface area contributed by atoms with Crippen LogP contribution in [0.25, 0.3) is 0 Å². The number of benzene rings is 2. The molecule has 0 bridgehead atoms. The number of rotatable bonds is 7. The first kappa shape index (κ1) is 21.3. The summed E-state index contributed by atoms with van der Waals surface area (Å²) in [5.74, 6) is 0.842. The SMILES string of the molecule is O=C(NCCc1cc(Cl)c2c(c1)OCCO2)c1ccc(COCC(F)(F)F)cc1. The molecule has 29 heavy (non-hydrogen) atoms. The van der Waals surface area contributed by atoms with Gasteiger partial charge in [0.15, 0.2) is 11.5 Å². The van der Waals surface area contributed by atoms with Crippen molar-refractivity contribution in [2.75, 3.05) is 26.4 Å². The lowest BCUT2D eigenvalue weighted by molar-refractivity contribution is -0.176. The molecule has 5 nitrogen and oxygen atoms in total. The highest BCUT2D eigenvalue weighted by Crippen LogP contribution is 2.38.